The molecule has 1 aliphatic carbocycles. The lowest BCUT2D eigenvalue weighted by molar-refractivity contribution is -0.121. The number of nitrogens with zero attached hydrogens (tertiary/aromatic N) is 3. The number of carboxylic acids is 1. The van der Waals surface area contributed by atoms with Crippen LogP contribution >= 0.6 is 0 Å². The van der Waals surface area contributed by atoms with Crippen LogP contribution in [-0.4, -0.2) is 38.0 Å². The monoisotopic (exact) mass is 253 g/mol. The van der Waals surface area contributed by atoms with Gasteiger partial charge in [-0.1, -0.05) is 5.21 Å². The molecule has 1 aromatic rings. The molecule has 2 rings (SSSR count). The van der Waals surface area contributed by atoms with Crippen molar-refractivity contribution in [1.29, 1.82) is 0 Å². The Bertz CT molecular complexity index is 466. The normalized spacial score (nSPS) is 14.5. The van der Waals surface area contributed by atoms with Crippen LogP contribution in [-0.2, 0) is 17.9 Å². The third-order valence-corrected chi connectivity index (χ3v) is 2.73. The highest BCUT2D eigenvalue weighted by atomic mass is 16.4. The molecule has 0 saturated heterocycles. The molecule has 0 atom stereocenters. The number of carbonyl (C=O) groups excluding carboxylic acids is 1. The van der Waals surface area contributed by atoms with E-state index in [1.807, 2.05) is 0 Å². The van der Waals surface area contributed by atoms with E-state index >= 15 is 0 Å². The van der Waals surface area contributed by atoms with Crippen LogP contribution in [0.4, 0.5) is 0 Å². The predicted octanol–water partition coefficient (Wildman–Crippen LogP) is -0.896. The van der Waals surface area contributed by atoms with Crippen LogP contribution in [0, 0.1) is 0 Å². The van der Waals surface area contributed by atoms with E-state index in [0.29, 0.717) is 11.7 Å². The van der Waals surface area contributed by atoms with Crippen molar-refractivity contribution < 1.29 is 14.7 Å². The molecule has 0 spiro atoms. The summed E-state index contributed by atoms with van der Waals surface area (Å²) in [5, 5.41) is 18.9. The number of aromatic nitrogens is 3. The van der Waals surface area contributed by atoms with Crippen molar-refractivity contribution in [1.82, 2.24) is 20.3 Å². The molecule has 1 aromatic heterocycles. The van der Waals surface area contributed by atoms with Crippen molar-refractivity contribution in [3.05, 3.63) is 11.4 Å². The Morgan fingerprint density at radius 2 is 2.22 bits per heavy atom. The molecule has 0 aromatic carbocycles. The Kier molecular flexibility index (Phi) is 3.56. The van der Waals surface area contributed by atoms with Crippen LogP contribution in [0.2, 0.25) is 0 Å². The van der Waals surface area contributed by atoms with Gasteiger partial charge in [0, 0.05) is 19.0 Å². The highest BCUT2D eigenvalue weighted by Crippen LogP contribution is 2.18. The lowest BCUT2D eigenvalue weighted by Crippen LogP contribution is -2.27. The fourth-order valence-electron chi connectivity index (χ4n) is 1.62. The highest BCUT2D eigenvalue weighted by molar-refractivity contribution is 5.86. The molecule has 1 saturated carbocycles. The standard InChI is InChI=1S/C10H15N5O3/c11-5-7-9(10(17)18)13-14-15(7)4-3-8(16)12-6-1-2-6/h6H,1-5,11H2,(H,12,16)(H,17,18). The SMILES string of the molecule is NCc1c(C(=O)O)nnn1CCC(=O)NC1CC1. The van der Waals surface area contributed by atoms with Crippen molar-refractivity contribution in [3.8, 4) is 0 Å². The van der Waals surface area contributed by atoms with Crippen LogP contribution in [0.25, 0.3) is 0 Å². The van der Waals surface area contributed by atoms with Crippen molar-refractivity contribution >= 4 is 11.9 Å². The molecule has 98 valence electrons. The van der Waals surface area contributed by atoms with E-state index in [4.69, 9.17) is 10.8 Å². The zero-order valence-electron chi connectivity index (χ0n) is 9.80. The molecule has 18 heavy (non-hydrogen) atoms. The number of nitrogens with two attached hydrogens (primary N) is 1. The summed E-state index contributed by atoms with van der Waals surface area (Å²) >= 11 is 0. The summed E-state index contributed by atoms with van der Waals surface area (Å²) in [4.78, 5) is 22.3. The second-order valence-corrected chi connectivity index (χ2v) is 4.21. The topological polar surface area (TPSA) is 123 Å². The van der Waals surface area contributed by atoms with E-state index in [0.717, 1.165) is 12.8 Å². The fraction of sp³-hybridized carbons (Fsp3) is 0.600. The molecule has 0 aliphatic heterocycles. The summed E-state index contributed by atoms with van der Waals surface area (Å²) in [5.41, 5.74) is 5.65. The smallest absolute Gasteiger partial charge is 0.358 e. The van der Waals surface area contributed by atoms with Gasteiger partial charge >= 0.3 is 5.97 Å². The largest absolute Gasteiger partial charge is 0.476 e. The van der Waals surface area contributed by atoms with Gasteiger partial charge in [0.2, 0.25) is 5.91 Å². The first-order valence-corrected chi connectivity index (χ1v) is 5.77. The molecule has 4 N–H and O–H groups in total. The number of carbonyl (C=O) groups is 2. The van der Waals surface area contributed by atoms with Crippen LogP contribution in [0.5, 0.6) is 0 Å². The fourth-order valence-corrected chi connectivity index (χ4v) is 1.62. The number of carboxylic acid groups (broad SMARTS) is 1. The molecule has 0 unspecified atom stereocenters. The van der Waals surface area contributed by atoms with E-state index in [-0.39, 0.29) is 31.1 Å². The quantitative estimate of drug-likeness (QED) is 0.604. The van der Waals surface area contributed by atoms with Crippen molar-refractivity contribution in [2.75, 3.05) is 0 Å². The minimum absolute atomic E-state index is 0.0267. The molecule has 0 radical (unpaired) electrons. The summed E-state index contributed by atoms with van der Waals surface area (Å²) in [6.45, 7) is 0.310. The van der Waals surface area contributed by atoms with Gasteiger partial charge in [0.05, 0.1) is 12.2 Å². The van der Waals surface area contributed by atoms with E-state index in [9.17, 15) is 9.59 Å². The van der Waals surface area contributed by atoms with Gasteiger partial charge in [0.25, 0.3) is 0 Å². The Morgan fingerprint density at radius 1 is 1.50 bits per heavy atom. The summed E-state index contributed by atoms with van der Waals surface area (Å²) in [6.07, 6.45) is 2.31. The molecular weight excluding hydrogens is 238 g/mol. The van der Waals surface area contributed by atoms with E-state index in [1.165, 1.54) is 4.68 Å². The molecule has 1 heterocycles. The van der Waals surface area contributed by atoms with E-state index < -0.39 is 5.97 Å². The highest BCUT2D eigenvalue weighted by Gasteiger charge is 2.23. The summed E-state index contributed by atoms with van der Waals surface area (Å²) in [5.74, 6) is -1.23. The summed E-state index contributed by atoms with van der Waals surface area (Å²) in [7, 11) is 0. The average Bonchev–Trinajstić information content (AvgIpc) is 3.03. The summed E-state index contributed by atoms with van der Waals surface area (Å²) < 4.78 is 1.37. The molecule has 8 nitrogen and oxygen atoms in total. The number of nitrogens with one attached hydrogen (secondary N) is 1. The first-order chi connectivity index (χ1) is 8.61. The second-order valence-electron chi connectivity index (χ2n) is 4.21. The maximum absolute atomic E-state index is 11.5. The molecule has 0 bridgehead atoms. The van der Waals surface area contributed by atoms with Gasteiger partial charge in [-0.3, -0.25) is 4.79 Å². The molecule has 1 fully saturated rings. The zero-order valence-corrected chi connectivity index (χ0v) is 9.80. The minimum atomic E-state index is -1.16. The van der Waals surface area contributed by atoms with Gasteiger partial charge in [-0.25, -0.2) is 9.48 Å². The predicted molar refractivity (Wildman–Crippen MR) is 60.7 cm³/mol. The number of aromatic carboxylic acids is 1. The van der Waals surface area contributed by atoms with Crippen LogP contribution in [0.15, 0.2) is 0 Å². The van der Waals surface area contributed by atoms with Gasteiger partial charge < -0.3 is 16.2 Å². The average molecular weight is 253 g/mol. The van der Waals surface area contributed by atoms with Crippen molar-refractivity contribution in [2.24, 2.45) is 5.73 Å². The van der Waals surface area contributed by atoms with E-state index in [2.05, 4.69) is 15.6 Å². The number of aryl methyl sites for hydroxylation is 1. The Morgan fingerprint density at radius 3 is 2.78 bits per heavy atom. The van der Waals surface area contributed by atoms with Crippen LogP contribution < -0.4 is 11.1 Å². The van der Waals surface area contributed by atoms with Gasteiger partial charge in [-0.2, -0.15) is 0 Å². The lowest BCUT2D eigenvalue weighted by atomic mass is 10.3. The molecule has 1 amide bonds. The van der Waals surface area contributed by atoms with Crippen LogP contribution in [0.3, 0.4) is 0 Å². The van der Waals surface area contributed by atoms with Gasteiger partial charge in [-0.15, -0.1) is 5.10 Å². The van der Waals surface area contributed by atoms with Gasteiger partial charge in [-0.05, 0) is 12.8 Å². The Balaban J connectivity index is 1.95. The van der Waals surface area contributed by atoms with Crippen LogP contribution in [0.1, 0.15) is 35.4 Å². The number of rotatable bonds is 6. The minimum Gasteiger partial charge on any atom is -0.476 e. The van der Waals surface area contributed by atoms with E-state index in [1.54, 1.807) is 0 Å². The summed E-state index contributed by atoms with van der Waals surface area (Å²) in [6, 6.07) is 0.316. The Hall–Kier alpha value is -1.96. The Labute approximate surface area is 103 Å². The lowest BCUT2D eigenvalue weighted by Gasteiger charge is -2.05. The number of hydrogen-bond donors (Lipinski definition) is 3. The molecule has 8 heteroatoms. The molecular formula is C10H15N5O3. The number of amides is 1. The number of hydrogen-bond acceptors (Lipinski definition) is 5. The third-order valence-electron chi connectivity index (χ3n) is 2.73. The first kappa shape index (κ1) is 12.5. The molecule has 1 aliphatic rings. The van der Waals surface area contributed by atoms with Gasteiger partial charge in [0.15, 0.2) is 5.69 Å². The third kappa shape index (κ3) is 2.83. The van der Waals surface area contributed by atoms with Crippen molar-refractivity contribution in [3.63, 3.8) is 0 Å². The maximum Gasteiger partial charge on any atom is 0.358 e. The zero-order chi connectivity index (χ0) is 13.1. The maximum atomic E-state index is 11.5. The first-order valence-electron chi connectivity index (χ1n) is 5.77. The van der Waals surface area contributed by atoms with Gasteiger partial charge in [0.1, 0.15) is 0 Å². The van der Waals surface area contributed by atoms with Crippen molar-refractivity contribution in [2.45, 2.75) is 38.4 Å². The second kappa shape index (κ2) is 5.13.